The summed E-state index contributed by atoms with van der Waals surface area (Å²) in [5.74, 6) is -2.44. The summed E-state index contributed by atoms with van der Waals surface area (Å²) < 4.78 is 6.78. The van der Waals surface area contributed by atoms with E-state index in [9.17, 15) is 19.2 Å². The maximum atomic E-state index is 12.7. The van der Waals surface area contributed by atoms with Crippen molar-refractivity contribution in [2.45, 2.75) is 12.5 Å². The molecule has 3 aromatic carbocycles. The summed E-state index contributed by atoms with van der Waals surface area (Å²) in [6.07, 6.45) is -0.627. The van der Waals surface area contributed by atoms with Gasteiger partial charge in [0.1, 0.15) is 12.3 Å². The molecule has 2 aliphatic rings. The fourth-order valence-corrected chi connectivity index (χ4v) is 5.00. The number of amides is 3. The van der Waals surface area contributed by atoms with Crippen LogP contribution in [0.3, 0.4) is 0 Å². The van der Waals surface area contributed by atoms with Crippen LogP contribution >= 0.6 is 0 Å². The van der Waals surface area contributed by atoms with E-state index in [0.29, 0.717) is 10.8 Å². The molecule has 3 amide bonds. The number of carbonyl (C=O) groups is 4. The van der Waals surface area contributed by atoms with Gasteiger partial charge in [-0.25, -0.2) is 9.59 Å². The molecule has 6 rings (SSSR count). The minimum Gasteiger partial charge on any atom is -0.449 e. The van der Waals surface area contributed by atoms with Crippen LogP contribution in [-0.2, 0) is 23.2 Å². The Hall–Kier alpha value is -5.25. The maximum Gasteiger partial charge on any atom is 0.407 e. The molecule has 0 saturated heterocycles. The van der Waals surface area contributed by atoms with E-state index in [-0.39, 0.29) is 35.9 Å². The smallest absolute Gasteiger partial charge is 0.407 e. The number of hydroxylamine groups is 2. The average molecular weight is 523 g/mol. The summed E-state index contributed by atoms with van der Waals surface area (Å²) in [5, 5.41) is 7.29. The molecule has 10 heteroatoms. The number of hydrogen-bond donors (Lipinski definition) is 1. The van der Waals surface area contributed by atoms with Gasteiger partial charge in [-0.3, -0.25) is 14.3 Å². The van der Waals surface area contributed by atoms with Crippen molar-refractivity contribution in [3.05, 3.63) is 113 Å². The van der Waals surface area contributed by atoms with Crippen LogP contribution in [0.4, 0.5) is 4.79 Å². The van der Waals surface area contributed by atoms with E-state index in [1.165, 1.54) is 29.9 Å². The lowest BCUT2D eigenvalue weighted by Crippen LogP contribution is -2.33. The van der Waals surface area contributed by atoms with Crippen molar-refractivity contribution in [3.63, 3.8) is 0 Å². The summed E-state index contributed by atoms with van der Waals surface area (Å²) in [6, 6.07) is 23.7. The Morgan fingerprint density at radius 1 is 0.846 bits per heavy atom. The number of hydrogen-bond acceptors (Lipinski definition) is 7. The molecule has 1 aliphatic heterocycles. The van der Waals surface area contributed by atoms with Gasteiger partial charge in [0.25, 0.3) is 11.8 Å². The monoisotopic (exact) mass is 522 g/mol. The zero-order chi connectivity index (χ0) is 27.1. The highest BCUT2D eigenvalue weighted by Crippen LogP contribution is 2.44. The molecule has 0 bridgehead atoms. The van der Waals surface area contributed by atoms with E-state index in [1.54, 1.807) is 12.1 Å². The van der Waals surface area contributed by atoms with E-state index in [4.69, 9.17) is 9.57 Å². The van der Waals surface area contributed by atoms with Crippen molar-refractivity contribution in [3.8, 4) is 11.1 Å². The third kappa shape index (κ3) is 4.21. The first-order valence-corrected chi connectivity index (χ1v) is 12.2. The quantitative estimate of drug-likeness (QED) is 0.382. The Balaban J connectivity index is 1.06. The van der Waals surface area contributed by atoms with E-state index >= 15 is 0 Å². The molecular formula is C29H22N4O6. The third-order valence-corrected chi connectivity index (χ3v) is 6.83. The molecule has 1 N–H and O–H groups in total. The predicted molar refractivity (Wildman–Crippen MR) is 137 cm³/mol. The molecule has 4 aromatic rings. The Morgan fingerprint density at radius 3 is 1.97 bits per heavy atom. The van der Waals surface area contributed by atoms with Crippen molar-refractivity contribution in [1.82, 2.24) is 20.2 Å². The summed E-state index contributed by atoms with van der Waals surface area (Å²) in [7, 11) is 1.51. The molecule has 0 saturated carbocycles. The number of nitrogens with zero attached hydrogens (tertiary/aromatic N) is 3. The Labute approximate surface area is 222 Å². The molecule has 0 unspecified atom stereocenters. The fraction of sp³-hybridized carbons (Fsp3) is 0.138. The lowest BCUT2D eigenvalue weighted by molar-refractivity contribution is -0.0591. The van der Waals surface area contributed by atoms with Crippen molar-refractivity contribution in [2.75, 3.05) is 6.61 Å². The molecular weight excluding hydrogens is 500 g/mol. The number of aryl methyl sites for hydroxylation is 1. The molecule has 0 fully saturated rings. The fourth-order valence-electron chi connectivity index (χ4n) is 5.00. The van der Waals surface area contributed by atoms with Crippen LogP contribution in [0.1, 0.15) is 53.9 Å². The van der Waals surface area contributed by atoms with Crippen LogP contribution in [-0.4, -0.2) is 45.3 Å². The predicted octanol–water partition coefficient (Wildman–Crippen LogP) is 3.83. The summed E-state index contributed by atoms with van der Waals surface area (Å²) in [4.78, 5) is 55.3. The van der Waals surface area contributed by atoms with E-state index < -0.39 is 23.9 Å². The highest BCUT2D eigenvalue weighted by atomic mass is 16.7. The van der Waals surface area contributed by atoms with Gasteiger partial charge in [0.05, 0.1) is 23.4 Å². The topological polar surface area (TPSA) is 120 Å². The van der Waals surface area contributed by atoms with Gasteiger partial charge in [-0.2, -0.15) is 5.10 Å². The summed E-state index contributed by atoms with van der Waals surface area (Å²) in [5.41, 5.74) is 5.17. The highest BCUT2D eigenvalue weighted by molar-refractivity contribution is 6.21. The molecule has 2 heterocycles. The van der Waals surface area contributed by atoms with Crippen LogP contribution in [0.15, 0.2) is 78.9 Å². The normalized spacial score (nSPS) is 13.6. The van der Waals surface area contributed by atoms with Crippen LogP contribution in [0.5, 0.6) is 0 Å². The van der Waals surface area contributed by atoms with Gasteiger partial charge in [-0.05, 0) is 40.5 Å². The van der Waals surface area contributed by atoms with Gasteiger partial charge >= 0.3 is 12.1 Å². The Kier molecular flexibility index (Phi) is 5.91. The van der Waals surface area contributed by atoms with Gasteiger partial charge in [-0.1, -0.05) is 65.7 Å². The van der Waals surface area contributed by atoms with Crippen LogP contribution in [0.2, 0.25) is 0 Å². The minimum absolute atomic E-state index is 0.00380. The number of carbonyl (C=O) groups excluding carboxylic acids is 4. The molecule has 1 aromatic heterocycles. The van der Waals surface area contributed by atoms with Gasteiger partial charge in [0, 0.05) is 13.0 Å². The second kappa shape index (κ2) is 9.56. The molecule has 194 valence electrons. The second-order valence-electron chi connectivity index (χ2n) is 9.15. The number of aromatic nitrogens is 2. The highest BCUT2D eigenvalue weighted by Gasteiger charge is 2.39. The van der Waals surface area contributed by atoms with Crippen molar-refractivity contribution in [2.24, 2.45) is 7.05 Å². The lowest BCUT2D eigenvalue weighted by atomic mass is 9.98. The number of rotatable bonds is 6. The Morgan fingerprint density at radius 2 is 1.38 bits per heavy atom. The van der Waals surface area contributed by atoms with E-state index in [0.717, 1.165) is 22.3 Å². The van der Waals surface area contributed by atoms with Gasteiger partial charge in [-0.15, -0.1) is 0 Å². The van der Waals surface area contributed by atoms with Crippen LogP contribution in [0.25, 0.3) is 11.1 Å². The SMILES string of the molecule is Cn1nc(CNC(=O)OCC2c3ccccc3-c3ccccc32)cc1C(=O)ON1C(=O)c2ccccc2C1=O. The maximum absolute atomic E-state index is 12.7. The van der Waals surface area contributed by atoms with Gasteiger partial charge in [0.2, 0.25) is 0 Å². The zero-order valence-electron chi connectivity index (χ0n) is 20.8. The van der Waals surface area contributed by atoms with E-state index in [1.807, 2.05) is 36.4 Å². The first-order chi connectivity index (χ1) is 18.9. The summed E-state index contributed by atoms with van der Waals surface area (Å²) in [6.45, 7) is 0.157. The molecule has 0 spiro atoms. The number of fused-ring (bicyclic) bond motifs is 4. The molecule has 39 heavy (non-hydrogen) atoms. The van der Waals surface area contributed by atoms with Gasteiger partial charge < -0.3 is 14.9 Å². The van der Waals surface area contributed by atoms with Crippen LogP contribution < -0.4 is 5.32 Å². The zero-order valence-corrected chi connectivity index (χ0v) is 20.8. The minimum atomic E-state index is -0.938. The van der Waals surface area contributed by atoms with Crippen molar-refractivity contribution in [1.29, 1.82) is 0 Å². The average Bonchev–Trinajstić information content (AvgIpc) is 3.57. The second-order valence-corrected chi connectivity index (χ2v) is 9.15. The number of nitrogens with one attached hydrogen (secondary N) is 1. The molecule has 0 radical (unpaired) electrons. The first kappa shape index (κ1) is 24.1. The lowest BCUT2D eigenvalue weighted by Gasteiger charge is -2.14. The standard InChI is InChI=1S/C29H22N4O6/c1-32-25(28(36)39-33-26(34)22-12-6-7-13-23(22)27(33)35)14-17(31-32)15-30-29(37)38-16-24-20-10-4-2-8-18(20)19-9-3-5-11-21(19)24/h2-14,24H,15-16H2,1H3,(H,30,37). The van der Waals surface area contributed by atoms with Crippen LogP contribution in [0, 0.1) is 0 Å². The summed E-state index contributed by atoms with van der Waals surface area (Å²) >= 11 is 0. The number of benzene rings is 3. The third-order valence-electron chi connectivity index (χ3n) is 6.83. The van der Waals surface area contributed by atoms with Crippen molar-refractivity contribution < 1.29 is 28.8 Å². The number of alkyl carbamates (subject to hydrolysis) is 1. The molecule has 10 nitrogen and oxygen atoms in total. The molecule has 1 aliphatic carbocycles. The van der Waals surface area contributed by atoms with E-state index in [2.05, 4.69) is 22.5 Å². The largest absolute Gasteiger partial charge is 0.449 e. The Bertz CT molecular complexity index is 1580. The number of ether oxygens (including phenoxy) is 1. The number of imide groups is 1. The van der Waals surface area contributed by atoms with Gasteiger partial charge in [0.15, 0.2) is 0 Å². The molecule has 0 atom stereocenters. The first-order valence-electron chi connectivity index (χ1n) is 12.2. The van der Waals surface area contributed by atoms with Crippen molar-refractivity contribution >= 4 is 23.9 Å².